The number of hydrogen-bond donors (Lipinski definition) is 0. The van der Waals surface area contributed by atoms with E-state index in [-0.39, 0.29) is 12.6 Å². The molecule has 21 heavy (non-hydrogen) atoms. The number of rotatable bonds is 16. The summed E-state index contributed by atoms with van der Waals surface area (Å²) in [4.78, 5) is 11.4. The van der Waals surface area contributed by atoms with Crippen LogP contribution >= 0.6 is 0 Å². The monoisotopic (exact) mass is 300 g/mol. The third-order valence-corrected chi connectivity index (χ3v) is 3.62. The molecule has 0 aliphatic heterocycles. The summed E-state index contributed by atoms with van der Waals surface area (Å²) in [6.45, 7) is 5.78. The van der Waals surface area contributed by atoms with Crippen LogP contribution in [0, 0.1) is 0 Å². The van der Waals surface area contributed by atoms with Crippen molar-refractivity contribution < 1.29 is 14.3 Å². The summed E-state index contributed by atoms with van der Waals surface area (Å²) >= 11 is 0. The summed E-state index contributed by atoms with van der Waals surface area (Å²) < 4.78 is 10.5. The maximum Gasteiger partial charge on any atom is 0.332 e. The SMILES string of the molecule is CCCCCCCCOCC(=O)OCCCCCCCC. The van der Waals surface area contributed by atoms with Gasteiger partial charge in [-0.05, 0) is 12.8 Å². The third kappa shape index (κ3) is 17.4. The van der Waals surface area contributed by atoms with Gasteiger partial charge in [-0.15, -0.1) is 0 Å². The summed E-state index contributed by atoms with van der Waals surface area (Å²) in [6, 6.07) is 0. The maximum absolute atomic E-state index is 11.4. The highest BCUT2D eigenvalue weighted by Gasteiger charge is 2.02. The number of ether oxygens (including phenoxy) is 2. The fourth-order valence-electron chi connectivity index (χ4n) is 2.25. The lowest BCUT2D eigenvalue weighted by Gasteiger charge is -2.06. The number of esters is 1. The molecule has 0 saturated heterocycles. The van der Waals surface area contributed by atoms with Gasteiger partial charge in [-0.25, -0.2) is 4.79 Å². The zero-order chi connectivity index (χ0) is 15.6. The summed E-state index contributed by atoms with van der Waals surface area (Å²) in [5.74, 6) is -0.213. The van der Waals surface area contributed by atoms with Gasteiger partial charge in [-0.2, -0.15) is 0 Å². The van der Waals surface area contributed by atoms with E-state index in [0.29, 0.717) is 13.2 Å². The minimum Gasteiger partial charge on any atom is -0.464 e. The van der Waals surface area contributed by atoms with Crippen molar-refractivity contribution in [2.24, 2.45) is 0 Å². The first kappa shape index (κ1) is 20.4. The Kier molecular flexibility index (Phi) is 17.0. The molecule has 0 amide bonds. The number of hydrogen-bond acceptors (Lipinski definition) is 3. The highest BCUT2D eigenvalue weighted by Crippen LogP contribution is 2.06. The van der Waals surface area contributed by atoms with E-state index in [4.69, 9.17) is 9.47 Å². The Hall–Kier alpha value is -0.570. The van der Waals surface area contributed by atoms with Crippen LogP contribution in [0.2, 0.25) is 0 Å². The molecule has 0 spiro atoms. The lowest BCUT2D eigenvalue weighted by atomic mass is 10.1. The van der Waals surface area contributed by atoms with E-state index < -0.39 is 0 Å². The Morgan fingerprint density at radius 3 is 1.71 bits per heavy atom. The molecule has 0 saturated carbocycles. The number of unbranched alkanes of at least 4 members (excludes halogenated alkanes) is 10. The highest BCUT2D eigenvalue weighted by atomic mass is 16.6. The van der Waals surface area contributed by atoms with Gasteiger partial charge in [-0.1, -0.05) is 78.1 Å². The third-order valence-electron chi connectivity index (χ3n) is 3.62. The van der Waals surface area contributed by atoms with Gasteiger partial charge in [0.05, 0.1) is 6.61 Å². The van der Waals surface area contributed by atoms with Crippen LogP contribution in [0.5, 0.6) is 0 Å². The largest absolute Gasteiger partial charge is 0.464 e. The van der Waals surface area contributed by atoms with E-state index in [1.165, 1.54) is 57.8 Å². The molecule has 0 heterocycles. The second-order valence-electron chi connectivity index (χ2n) is 5.81. The first-order valence-corrected chi connectivity index (χ1v) is 9.04. The second kappa shape index (κ2) is 17.5. The highest BCUT2D eigenvalue weighted by molar-refractivity contribution is 5.70. The zero-order valence-corrected chi connectivity index (χ0v) is 14.3. The fraction of sp³-hybridized carbons (Fsp3) is 0.944. The van der Waals surface area contributed by atoms with Gasteiger partial charge in [-0.3, -0.25) is 0 Å². The van der Waals surface area contributed by atoms with Crippen molar-refractivity contribution in [2.45, 2.75) is 90.9 Å². The number of carbonyl (C=O) groups is 1. The van der Waals surface area contributed by atoms with Crippen LogP contribution in [0.3, 0.4) is 0 Å². The quantitative estimate of drug-likeness (QED) is 0.288. The van der Waals surface area contributed by atoms with Crippen molar-refractivity contribution in [3.05, 3.63) is 0 Å². The Morgan fingerprint density at radius 2 is 1.14 bits per heavy atom. The molecule has 126 valence electrons. The molecular weight excluding hydrogens is 264 g/mol. The van der Waals surface area contributed by atoms with E-state index in [1.807, 2.05) is 0 Å². The van der Waals surface area contributed by atoms with E-state index in [0.717, 1.165) is 19.3 Å². The average Bonchev–Trinajstić information content (AvgIpc) is 2.49. The zero-order valence-electron chi connectivity index (χ0n) is 14.3. The topological polar surface area (TPSA) is 35.5 Å². The minimum atomic E-state index is -0.213. The van der Waals surface area contributed by atoms with Gasteiger partial charge >= 0.3 is 5.97 Å². The molecule has 0 N–H and O–H groups in total. The minimum absolute atomic E-state index is 0.116. The predicted octanol–water partition coefficient (Wildman–Crippen LogP) is 5.27. The average molecular weight is 300 g/mol. The molecule has 0 aliphatic rings. The van der Waals surface area contributed by atoms with Gasteiger partial charge < -0.3 is 9.47 Å². The van der Waals surface area contributed by atoms with Crippen LogP contribution in [0.15, 0.2) is 0 Å². The Bertz CT molecular complexity index is 217. The molecule has 0 rings (SSSR count). The van der Waals surface area contributed by atoms with E-state index in [9.17, 15) is 4.79 Å². The molecule has 0 aromatic rings. The van der Waals surface area contributed by atoms with Crippen LogP contribution in [-0.4, -0.2) is 25.8 Å². The van der Waals surface area contributed by atoms with Crippen molar-refractivity contribution in [1.29, 1.82) is 0 Å². The van der Waals surface area contributed by atoms with Crippen molar-refractivity contribution >= 4 is 5.97 Å². The van der Waals surface area contributed by atoms with Crippen LogP contribution in [0.1, 0.15) is 90.9 Å². The molecule has 0 atom stereocenters. The molecule has 0 aromatic carbocycles. The lowest BCUT2D eigenvalue weighted by Crippen LogP contribution is -2.14. The summed E-state index contributed by atoms with van der Waals surface area (Å²) in [5, 5.41) is 0. The van der Waals surface area contributed by atoms with Crippen LogP contribution in [0.4, 0.5) is 0 Å². The summed E-state index contributed by atoms with van der Waals surface area (Å²) in [7, 11) is 0. The standard InChI is InChI=1S/C18H36O3/c1-3-5-7-9-11-13-15-20-17-18(19)21-16-14-12-10-8-6-4-2/h3-17H2,1-2H3. The van der Waals surface area contributed by atoms with Gasteiger partial charge in [0.25, 0.3) is 0 Å². The predicted molar refractivity (Wildman–Crippen MR) is 88.5 cm³/mol. The Labute approximate surface area is 131 Å². The van der Waals surface area contributed by atoms with Crippen molar-refractivity contribution in [2.75, 3.05) is 19.8 Å². The van der Waals surface area contributed by atoms with Crippen molar-refractivity contribution in [1.82, 2.24) is 0 Å². The van der Waals surface area contributed by atoms with Crippen LogP contribution in [-0.2, 0) is 14.3 Å². The molecule has 0 aliphatic carbocycles. The molecule has 0 unspecified atom stereocenters. The van der Waals surface area contributed by atoms with Crippen molar-refractivity contribution in [3.63, 3.8) is 0 Å². The fourth-order valence-corrected chi connectivity index (χ4v) is 2.25. The normalized spacial score (nSPS) is 10.8. The molecule has 3 heteroatoms. The summed E-state index contributed by atoms with van der Waals surface area (Å²) in [5.41, 5.74) is 0. The van der Waals surface area contributed by atoms with E-state index in [1.54, 1.807) is 0 Å². The molecule has 0 bridgehead atoms. The second-order valence-corrected chi connectivity index (χ2v) is 5.81. The maximum atomic E-state index is 11.4. The Balaban J connectivity index is 3.13. The van der Waals surface area contributed by atoms with Gasteiger partial charge in [0.2, 0.25) is 0 Å². The molecular formula is C18H36O3. The smallest absolute Gasteiger partial charge is 0.332 e. The van der Waals surface area contributed by atoms with E-state index in [2.05, 4.69) is 13.8 Å². The molecule has 0 radical (unpaired) electrons. The first-order valence-electron chi connectivity index (χ1n) is 9.04. The lowest BCUT2D eigenvalue weighted by molar-refractivity contribution is -0.149. The van der Waals surface area contributed by atoms with Crippen molar-refractivity contribution in [3.8, 4) is 0 Å². The van der Waals surface area contributed by atoms with Gasteiger partial charge in [0.1, 0.15) is 6.61 Å². The van der Waals surface area contributed by atoms with Crippen LogP contribution in [0.25, 0.3) is 0 Å². The summed E-state index contributed by atoms with van der Waals surface area (Å²) in [6.07, 6.45) is 14.7. The molecule has 0 aromatic heterocycles. The van der Waals surface area contributed by atoms with Crippen LogP contribution < -0.4 is 0 Å². The van der Waals surface area contributed by atoms with Gasteiger partial charge in [0.15, 0.2) is 0 Å². The molecule has 3 nitrogen and oxygen atoms in total. The van der Waals surface area contributed by atoms with Gasteiger partial charge in [0, 0.05) is 6.61 Å². The van der Waals surface area contributed by atoms with E-state index >= 15 is 0 Å². The molecule has 0 fully saturated rings. The number of carbonyl (C=O) groups excluding carboxylic acids is 1. The first-order chi connectivity index (χ1) is 10.3. The Morgan fingerprint density at radius 1 is 0.667 bits per heavy atom.